The fourth-order valence-electron chi connectivity index (χ4n) is 2.21. The summed E-state index contributed by atoms with van der Waals surface area (Å²) in [5.74, 6) is 0.470. The first-order valence-corrected chi connectivity index (χ1v) is 10.1. The van der Waals surface area contributed by atoms with Gasteiger partial charge in [0.1, 0.15) is 12.4 Å². The zero-order chi connectivity index (χ0) is 19.0. The maximum atomic E-state index is 11.7. The van der Waals surface area contributed by atoms with Crippen LogP contribution in [0.5, 0.6) is 5.75 Å². The number of carbonyl (C=O) groups is 1. The predicted octanol–water partition coefficient (Wildman–Crippen LogP) is 1.82. The maximum absolute atomic E-state index is 11.7. The van der Waals surface area contributed by atoms with Crippen molar-refractivity contribution in [3.8, 4) is 5.75 Å². The lowest BCUT2D eigenvalue weighted by Crippen LogP contribution is -2.38. The van der Waals surface area contributed by atoms with Crippen molar-refractivity contribution in [2.45, 2.75) is 13.0 Å². The van der Waals surface area contributed by atoms with Crippen LogP contribution in [0.25, 0.3) is 0 Å². The zero-order valence-electron chi connectivity index (χ0n) is 15.0. The van der Waals surface area contributed by atoms with Gasteiger partial charge in [-0.15, -0.1) is 0 Å². The first kappa shape index (κ1) is 19.9. The lowest BCUT2D eigenvalue weighted by Gasteiger charge is -2.13. The molecule has 0 aliphatic heterocycles. The number of amides is 1. The third kappa shape index (κ3) is 6.85. The van der Waals surface area contributed by atoms with Crippen LogP contribution in [0.15, 0.2) is 54.6 Å². The molecule has 140 valence electrons. The molecule has 0 heterocycles. The quantitative estimate of drug-likeness (QED) is 0.724. The monoisotopic (exact) mass is 376 g/mol. The molecule has 0 spiro atoms. The molecule has 1 N–H and O–H groups in total. The summed E-state index contributed by atoms with van der Waals surface area (Å²) in [5.41, 5.74) is 2.17. The van der Waals surface area contributed by atoms with E-state index in [1.807, 2.05) is 54.6 Å². The molecule has 0 unspecified atom stereocenters. The zero-order valence-corrected chi connectivity index (χ0v) is 15.8. The number of rotatable bonds is 9. The molecule has 0 aliphatic rings. The van der Waals surface area contributed by atoms with E-state index >= 15 is 0 Å². The highest BCUT2D eigenvalue weighted by Crippen LogP contribution is 2.14. The van der Waals surface area contributed by atoms with E-state index in [2.05, 4.69) is 5.32 Å². The van der Waals surface area contributed by atoms with E-state index in [0.717, 1.165) is 27.4 Å². The number of hydrogen-bond donors (Lipinski definition) is 1. The van der Waals surface area contributed by atoms with E-state index in [1.54, 1.807) is 0 Å². The van der Waals surface area contributed by atoms with Gasteiger partial charge >= 0.3 is 0 Å². The van der Waals surface area contributed by atoms with Gasteiger partial charge in [-0.3, -0.25) is 4.79 Å². The van der Waals surface area contributed by atoms with Gasteiger partial charge in [-0.25, -0.2) is 8.42 Å². The molecule has 0 radical (unpaired) electrons. The molecule has 0 saturated carbocycles. The van der Waals surface area contributed by atoms with E-state index in [0.29, 0.717) is 19.6 Å². The highest BCUT2D eigenvalue weighted by atomic mass is 32.2. The SMILES string of the molecule is CN(CC(=O)NCCc1ccc(OCc2ccccc2)cc1)S(C)(=O)=O. The first-order valence-electron chi connectivity index (χ1n) is 8.28. The van der Waals surface area contributed by atoms with Crippen LogP contribution in [-0.4, -0.2) is 45.0 Å². The van der Waals surface area contributed by atoms with Gasteiger partial charge < -0.3 is 10.1 Å². The largest absolute Gasteiger partial charge is 0.489 e. The molecular formula is C19H24N2O4S. The summed E-state index contributed by atoms with van der Waals surface area (Å²) in [6.45, 7) is 0.788. The normalized spacial score (nSPS) is 11.3. The van der Waals surface area contributed by atoms with Crippen molar-refractivity contribution >= 4 is 15.9 Å². The Kier molecular flexibility index (Phi) is 7.17. The van der Waals surface area contributed by atoms with Gasteiger partial charge in [0.05, 0.1) is 12.8 Å². The fraction of sp³-hybridized carbons (Fsp3) is 0.316. The summed E-state index contributed by atoms with van der Waals surface area (Å²) in [6, 6.07) is 17.7. The summed E-state index contributed by atoms with van der Waals surface area (Å²) in [7, 11) is -1.97. The second kappa shape index (κ2) is 9.35. The molecule has 0 aromatic heterocycles. The number of nitrogens with zero attached hydrogens (tertiary/aromatic N) is 1. The molecule has 0 fully saturated rings. The van der Waals surface area contributed by atoms with Crippen LogP contribution in [0.4, 0.5) is 0 Å². The predicted molar refractivity (Wildman–Crippen MR) is 101 cm³/mol. The summed E-state index contributed by atoms with van der Waals surface area (Å²) in [4.78, 5) is 11.7. The number of hydrogen-bond acceptors (Lipinski definition) is 4. The third-order valence-electron chi connectivity index (χ3n) is 3.84. The Labute approximate surface area is 154 Å². The molecule has 0 saturated heterocycles. The Hall–Kier alpha value is -2.38. The summed E-state index contributed by atoms with van der Waals surface area (Å²) in [6.07, 6.45) is 1.73. The first-order chi connectivity index (χ1) is 12.3. The minimum atomic E-state index is -3.35. The van der Waals surface area contributed by atoms with Crippen LogP contribution in [0.1, 0.15) is 11.1 Å². The number of ether oxygens (including phenoxy) is 1. The van der Waals surface area contributed by atoms with Crippen LogP contribution in [0.3, 0.4) is 0 Å². The Balaban J connectivity index is 1.73. The van der Waals surface area contributed by atoms with Crippen LogP contribution < -0.4 is 10.1 Å². The van der Waals surface area contributed by atoms with Crippen molar-refractivity contribution in [3.63, 3.8) is 0 Å². The molecule has 2 aromatic rings. The number of nitrogens with one attached hydrogen (secondary N) is 1. The smallest absolute Gasteiger partial charge is 0.235 e. The van der Waals surface area contributed by atoms with Crippen molar-refractivity contribution in [1.82, 2.24) is 9.62 Å². The van der Waals surface area contributed by atoms with Crippen molar-refractivity contribution < 1.29 is 17.9 Å². The minimum absolute atomic E-state index is 0.175. The lowest BCUT2D eigenvalue weighted by atomic mass is 10.1. The van der Waals surface area contributed by atoms with Gasteiger partial charge in [-0.1, -0.05) is 42.5 Å². The van der Waals surface area contributed by atoms with Crippen molar-refractivity contribution in [1.29, 1.82) is 0 Å². The molecule has 0 bridgehead atoms. The average Bonchev–Trinajstić information content (AvgIpc) is 2.61. The molecule has 26 heavy (non-hydrogen) atoms. The highest BCUT2D eigenvalue weighted by Gasteiger charge is 2.14. The van der Waals surface area contributed by atoms with Gasteiger partial charge in [-0.2, -0.15) is 4.31 Å². The van der Waals surface area contributed by atoms with Gasteiger partial charge in [0, 0.05) is 13.6 Å². The van der Waals surface area contributed by atoms with Crippen LogP contribution >= 0.6 is 0 Å². The van der Waals surface area contributed by atoms with E-state index in [-0.39, 0.29) is 12.5 Å². The van der Waals surface area contributed by atoms with Gasteiger partial charge in [-0.05, 0) is 29.7 Å². The molecule has 0 atom stereocenters. The van der Waals surface area contributed by atoms with Crippen molar-refractivity contribution in [2.24, 2.45) is 0 Å². The van der Waals surface area contributed by atoms with Crippen LogP contribution in [0.2, 0.25) is 0 Å². The average molecular weight is 376 g/mol. The second-order valence-electron chi connectivity index (χ2n) is 6.04. The Morgan fingerprint density at radius 1 is 1.04 bits per heavy atom. The Bertz CT molecular complexity index is 805. The number of carbonyl (C=O) groups excluding carboxylic acids is 1. The lowest BCUT2D eigenvalue weighted by molar-refractivity contribution is -0.121. The van der Waals surface area contributed by atoms with Crippen molar-refractivity contribution in [2.75, 3.05) is 26.4 Å². The van der Waals surface area contributed by atoms with E-state index in [9.17, 15) is 13.2 Å². The summed E-state index contributed by atoms with van der Waals surface area (Å²) < 4.78 is 29.3. The van der Waals surface area contributed by atoms with E-state index in [4.69, 9.17) is 4.74 Å². The molecule has 0 aliphatic carbocycles. The summed E-state index contributed by atoms with van der Waals surface area (Å²) in [5, 5.41) is 2.72. The molecule has 7 heteroatoms. The number of sulfonamides is 1. The topological polar surface area (TPSA) is 75.7 Å². The van der Waals surface area contributed by atoms with Crippen molar-refractivity contribution in [3.05, 3.63) is 65.7 Å². The Morgan fingerprint density at radius 2 is 1.69 bits per heavy atom. The highest BCUT2D eigenvalue weighted by molar-refractivity contribution is 7.88. The molecule has 1 amide bonds. The van der Waals surface area contributed by atoms with E-state index in [1.165, 1.54) is 7.05 Å². The molecule has 2 rings (SSSR count). The number of likely N-dealkylation sites (N-methyl/N-ethyl adjacent to an activating group) is 1. The summed E-state index contributed by atoms with van der Waals surface area (Å²) >= 11 is 0. The minimum Gasteiger partial charge on any atom is -0.489 e. The van der Waals surface area contributed by atoms with Gasteiger partial charge in [0.25, 0.3) is 0 Å². The van der Waals surface area contributed by atoms with Crippen LogP contribution in [-0.2, 0) is 27.8 Å². The fourth-order valence-corrected chi connectivity index (χ4v) is 2.57. The Morgan fingerprint density at radius 3 is 2.31 bits per heavy atom. The maximum Gasteiger partial charge on any atom is 0.235 e. The number of benzene rings is 2. The molecular weight excluding hydrogens is 352 g/mol. The van der Waals surface area contributed by atoms with Gasteiger partial charge in [0.15, 0.2) is 0 Å². The molecule has 2 aromatic carbocycles. The van der Waals surface area contributed by atoms with E-state index < -0.39 is 10.0 Å². The standard InChI is InChI=1S/C19H24N2O4S/c1-21(26(2,23)24)14-19(22)20-13-12-16-8-10-18(11-9-16)25-15-17-6-4-3-5-7-17/h3-11H,12-15H2,1-2H3,(H,20,22). The third-order valence-corrected chi connectivity index (χ3v) is 5.10. The van der Waals surface area contributed by atoms with Gasteiger partial charge in [0.2, 0.25) is 15.9 Å². The van der Waals surface area contributed by atoms with Crippen LogP contribution in [0, 0.1) is 0 Å². The second-order valence-corrected chi connectivity index (χ2v) is 8.13. The molecule has 6 nitrogen and oxygen atoms in total.